The van der Waals surface area contributed by atoms with Crippen molar-refractivity contribution in [3.05, 3.63) is 0 Å². The first-order chi connectivity index (χ1) is 7.27. The average Bonchev–Trinajstić information content (AvgIpc) is 3.01. The monoisotopic (exact) mass is 214 g/mol. The minimum Gasteiger partial charge on any atom is -0.395 e. The van der Waals surface area contributed by atoms with Crippen LogP contribution in [-0.2, 0) is 4.79 Å². The highest BCUT2D eigenvalue weighted by Gasteiger charge is 2.21. The van der Waals surface area contributed by atoms with Crippen molar-refractivity contribution in [3.8, 4) is 0 Å². The predicted octanol–water partition coefficient (Wildman–Crippen LogP) is 0.217. The molecule has 0 saturated heterocycles. The maximum absolute atomic E-state index is 11.7. The van der Waals surface area contributed by atoms with Crippen LogP contribution >= 0.6 is 0 Å². The number of nitrogens with zero attached hydrogens (tertiary/aromatic N) is 1. The van der Waals surface area contributed by atoms with Crippen LogP contribution in [0.2, 0.25) is 0 Å². The molecule has 0 atom stereocenters. The first kappa shape index (κ1) is 12.5. The van der Waals surface area contributed by atoms with E-state index < -0.39 is 0 Å². The number of hydrogen-bond donors (Lipinski definition) is 2. The standard InChI is InChI=1S/C11H22N2O2/c1-2-5-13(6-7-14)11(15)9-12-8-10-3-4-10/h10,12,14H,2-9H2,1H3. The molecule has 0 aromatic heterocycles. The molecule has 1 fully saturated rings. The lowest BCUT2D eigenvalue weighted by Gasteiger charge is -2.21. The Morgan fingerprint density at radius 3 is 2.73 bits per heavy atom. The fourth-order valence-corrected chi connectivity index (χ4v) is 1.57. The van der Waals surface area contributed by atoms with E-state index in [9.17, 15) is 4.79 Å². The van der Waals surface area contributed by atoms with Crippen molar-refractivity contribution < 1.29 is 9.90 Å². The SMILES string of the molecule is CCCN(CCO)C(=O)CNCC1CC1. The van der Waals surface area contributed by atoms with Gasteiger partial charge in [-0.05, 0) is 31.7 Å². The lowest BCUT2D eigenvalue weighted by molar-refractivity contribution is -0.130. The summed E-state index contributed by atoms with van der Waals surface area (Å²) >= 11 is 0. The van der Waals surface area contributed by atoms with Gasteiger partial charge in [0.25, 0.3) is 0 Å². The highest BCUT2D eigenvalue weighted by molar-refractivity contribution is 5.78. The van der Waals surface area contributed by atoms with E-state index in [1.807, 2.05) is 6.92 Å². The van der Waals surface area contributed by atoms with Crippen molar-refractivity contribution in [1.82, 2.24) is 10.2 Å². The van der Waals surface area contributed by atoms with E-state index in [1.165, 1.54) is 12.8 Å². The highest BCUT2D eigenvalue weighted by atomic mass is 16.3. The van der Waals surface area contributed by atoms with E-state index in [0.29, 0.717) is 13.1 Å². The molecule has 0 spiro atoms. The summed E-state index contributed by atoms with van der Waals surface area (Å²) in [6, 6.07) is 0. The van der Waals surface area contributed by atoms with Crippen LogP contribution in [0, 0.1) is 5.92 Å². The summed E-state index contributed by atoms with van der Waals surface area (Å²) < 4.78 is 0. The molecule has 4 nitrogen and oxygen atoms in total. The Morgan fingerprint density at radius 1 is 1.47 bits per heavy atom. The number of rotatable bonds is 8. The van der Waals surface area contributed by atoms with E-state index in [4.69, 9.17) is 5.11 Å². The summed E-state index contributed by atoms with van der Waals surface area (Å²) in [5.74, 6) is 0.904. The molecule has 0 bridgehead atoms. The largest absolute Gasteiger partial charge is 0.395 e. The predicted molar refractivity (Wildman–Crippen MR) is 59.6 cm³/mol. The van der Waals surface area contributed by atoms with Crippen LogP contribution in [0.25, 0.3) is 0 Å². The molecule has 0 radical (unpaired) electrons. The number of amides is 1. The van der Waals surface area contributed by atoms with Crippen LogP contribution < -0.4 is 5.32 Å². The highest BCUT2D eigenvalue weighted by Crippen LogP contribution is 2.27. The summed E-state index contributed by atoms with van der Waals surface area (Å²) in [6.07, 6.45) is 3.54. The normalized spacial score (nSPS) is 15.3. The maximum Gasteiger partial charge on any atom is 0.236 e. The summed E-state index contributed by atoms with van der Waals surface area (Å²) in [7, 11) is 0. The third kappa shape index (κ3) is 5.14. The van der Waals surface area contributed by atoms with Gasteiger partial charge in [-0.3, -0.25) is 4.79 Å². The molecule has 1 aliphatic carbocycles. The van der Waals surface area contributed by atoms with Crippen molar-refractivity contribution in [2.24, 2.45) is 5.92 Å². The van der Waals surface area contributed by atoms with Gasteiger partial charge in [-0.2, -0.15) is 0 Å². The minimum absolute atomic E-state index is 0.0500. The van der Waals surface area contributed by atoms with Gasteiger partial charge >= 0.3 is 0 Å². The summed E-state index contributed by atoms with van der Waals surface area (Å²) in [4.78, 5) is 13.4. The second kappa shape index (κ2) is 6.80. The van der Waals surface area contributed by atoms with Crippen LogP contribution in [0.15, 0.2) is 0 Å². The molecular formula is C11H22N2O2. The Hall–Kier alpha value is -0.610. The van der Waals surface area contributed by atoms with Crippen LogP contribution in [0.1, 0.15) is 26.2 Å². The van der Waals surface area contributed by atoms with Crippen molar-refractivity contribution in [3.63, 3.8) is 0 Å². The van der Waals surface area contributed by atoms with Gasteiger partial charge in [0.1, 0.15) is 0 Å². The van der Waals surface area contributed by atoms with Gasteiger partial charge in [0.2, 0.25) is 5.91 Å². The topological polar surface area (TPSA) is 52.6 Å². The molecule has 0 unspecified atom stereocenters. The quantitative estimate of drug-likeness (QED) is 0.607. The van der Waals surface area contributed by atoms with Crippen LogP contribution in [-0.4, -0.2) is 48.7 Å². The molecule has 88 valence electrons. The molecule has 2 N–H and O–H groups in total. The summed E-state index contributed by atoms with van der Waals surface area (Å²) in [5, 5.41) is 12.0. The Kier molecular flexibility index (Phi) is 5.65. The van der Waals surface area contributed by atoms with Gasteiger partial charge in [-0.25, -0.2) is 0 Å². The van der Waals surface area contributed by atoms with Gasteiger partial charge in [-0.1, -0.05) is 6.92 Å². The zero-order valence-electron chi connectivity index (χ0n) is 9.54. The van der Waals surface area contributed by atoms with E-state index in [2.05, 4.69) is 5.32 Å². The lowest BCUT2D eigenvalue weighted by atomic mass is 10.3. The zero-order chi connectivity index (χ0) is 11.1. The number of hydrogen-bond acceptors (Lipinski definition) is 3. The third-order valence-corrected chi connectivity index (χ3v) is 2.62. The molecule has 4 heteroatoms. The van der Waals surface area contributed by atoms with Gasteiger partial charge in [0.05, 0.1) is 13.2 Å². The zero-order valence-corrected chi connectivity index (χ0v) is 9.54. The third-order valence-electron chi connectivity index (χ3n) is 2.62. The number of carbonyl (C=O) groups is 1. The van der Waals surface area contributed by atoms with Crippen LogP contribution in [0.3, 0.4) is 0 Å². The van der Waals surface area contributed by atoms with E-state index in [-0.39, 0.29) is 12.5 Å². The van der Waals surface area contributed by atoms with Crippen molar-refractivity contribution in [2.45, 2.75) is 26.2 Å². The van der Waals surface area contributed by atoms with Gasteiger partial charge in [0, 0.05) is 13.1 Å². The molecule has 15 heavy (non-hydrogen) atoms. The molecule has 0 aromatic rings. The van der Waals surface area contributed by atoms with Gasteiger partial charge in [-0.15, -0.1) is 0 Å². The molecule has 0 heterocycles. The second-order valence-corrected chi connectivity index (χ2v) is 4.18. The van der Waals surface area contributed by atoms with E-state index in [0.717, 1.165) is 25.4 Å². The van der Waals surface area contributed by atoms with Gasteiger partial charge < -0.3 is 15.3 Å². The van der Waals surface area contributed by atoms with E-state index in [1.54, 1.807) is 4.90 Å². The minimum atomic E-state index is 0.0500. The number of carbonyl (C=O) groups excluding carboxylic acids is 1. The lowest BCUT2D eigenvalue weighted by Crippen LogP contribution is -2.40. The average molecular weight is 214 g/mol. The Bertz CT molecular complexity index is 187. The molecule has 1 rings (SSSR count). The first-order valence-electron chi connectivity index (χ1n) is 5.87. The molecule has 1 amide bonds. The summed E-state index contributed by atoms with van der Waals surface area (Å²) in [6.45, 7) is 4.66. The second-order valence-electron chi connectivity index (χ2n) is 4.18. The number of aliphatic hydroxyl groups excluding tert-OH is 1. The van der Waals surface area contributed by atoms with Crippen LogP contribution in [0.4, 0.5) is 0 Å². The fraction of sp³-hybridized carbons (Fsp3) is 0.909. The molecule has 0 aliphatic heterocycles. The van der Waals surface area contributed by atoms with Crippen molar-refractivity contribution in [2.75, 3.05) is 32.8 Å². The number of aliphatic hydroxyl groups is 1. The summed E-state index contributed by atoms with van der Waals surface area (Å²) in [5.41, 5.74) is 0. The molecule has 0 aromatic carbocycles. The maximum atomic E-state index is 11.7. The Morgan fingerprint density at radius 2 is 2.20 bits per heavy atom. The Labute approximate surface area is 91.6 Å². The number of nitrogens with one attached hydrogen (secondary N) is 1. The first-order valence-corrected chi connectivity index (χ1v) is 5.87. The Balaban J connectivity index is 2.14. The molecular weight excluding hydrogens is 192 g/mol. The fourth-order valence-electron chi connectivity index (χ4n) is 1.57. The van der Waals surface area contributed by atoms with E-state index >= 15 is 0 Å². The smallest absolute Gasteiger partial charge is 0.236 e. The van der Waals surface area contributed by atoms with Crippen molar-refractivity contribution >= 4 is 5.91 Å². The molecule has 1 aliphatic rings. The van der Waals surface area contributed by atoms with Gasteiger partial charge in [0.15, 0.2) is 0 Å². The van der Waals surface area contributed by atoms with Crippen molar-refractivity contribution in [1.29, 1.82) is 0 Å². The molecule has 1 saturated carbocycles. The van der Waals surface area contributed by atoms with Crippen LogP contribution in [0.5, 0.6) is 0 Å².